The average Bonchev–Trinajstić information content (AvgIpc) is 2.50. The minimum atomic E-state index is -0.589. The quantitative estimate of drug-likeness (QED) is 0.799. The number of alkyl carbamates (subject to hydrolysis) is 1. The molecule has 6 heteroatoms. The Morgan fingerprint density at radius 2 is 2.08 bits per heavy atom. The van der Waals surface area contributed by atoms with Gasteiger partial charge in [0.15, 0.2) is 0 Å². The molecule has 1 rings (SSSR count). The molecule has 5 nitrogen and oxygen atoms in total. The molecule has 0 radical (unpaired) electrons. The number of carbonyl (C=O) groups is 1. The Morgan fingerprint density at radius 3 is 2.64 bits per heavy atom. The van der Waals surface area contributed by atoms with E-state index in [1.807, 2.05) is 6.92 Å². The second-order valence-electron chi connectivity index (χ2n) is 6.63. The molecule has 0 unspecified atom stereocenters. The molecule has 0 aromatic heterocycles. The number of aliphatic hydroxyl groups excluding tert-OH is 1. The number of halogens is 1. The predicted octanol–water partition coefficient (Wildman–Crippen LogP) is 3.24. The van der Waals surface area contributed by atoms with Crippen molar-refractivity contribution in [3.63, 3.8) is 0 Å². The molecule has 2 N–H and O–H groups in total. The van der Waals surface area contributed by atoms with Crippen LogP contribution in [0.5, 0.6) is 5.75 Å². The van der Waals surface area contributed by atoms with Crippen LogP contribution in [0.3, 0.4) is 0 Å². The number of amides is 1. The maximum atomic E-state index is 13.4. The number of aliphatic hydroxyl groups is 1. The maximum absolute atomic E-state index is 13.4. The van der Waals surface area contributed by atoms with Gasteiger partial charge in [-0.1, -0.05) is 18.8 Å². The second kappa shape index (κ2) is 9.28. The highest BCUT2D eigenvalue weighted by molar-refractivity contribution is 5.68. The number of carbonyl (C=O) groups excluding carboxylic acids is 1. The third-order valence-electron chi connectivity index (χ3n) is 3.01. The van der Waals surface area contributed by atoms with E-state index in [2.05, 4.69) is 17.2 Å². The van der Waals surface area contributed by atoms with Crippen LogP contribution in [-0.2, 0) is 4.74 Å². The molecular formula is C19H26FNO4. The van der Waals surface area contributed by atoms with Gasteiger partial charge in [-0.25, -0.2) is 9.18 Å². The van der Waals surface area contributed by atoms with E-state index in [4.69, 9.17) is 14.6 Å². The van der Waals surface area contributed by atoms with Crippen molar-refractivity contribution in [3.8, 4) is 17.6 Å². The molecule has 0 saturated heterocycles. The van der Waals surface area contributed by atoms with Crippen molar-refractivity contribution in [1.29, 1.82) is 0 Å². The van der Waals surface area contributed by atoms with E-state index in [0.717, 1.165) is 0 Å². The van der Waals surface area contributed by atoms with Crippen LogP contribution in [0.2, 0.25) is 0 Å². The molecule has 0 bridgehead atoms. The number of nitrogens with one attached hydrogen (secondary N) is 1. The first kappa shape index (κ1) is 20.8. The van der Waals surface area contributed by atoms with Crippen LogP contribution in [0, 0.1) is 17.7 Å². The van der Waals surface area contributed by atoms with Crippen LogP contribution < -0.4 is 10.1 Å². The predicted molar refractivity (Wildman–Crippen MR) is 93.9 cm³/mol. The molecule has 25 heavy (non-hydrogen) atoms. The minimum absolute atomic E-state index is 0.193. The first-order chi connectivity index (χ1) is 11.6. The molecule has 0 heterocycles. The Balaban J connectivity index is 2.91. The lowest BCUT2D eigenvalue weighted by Crippen LogP contribution is -2.38. The molecular weight excluding hydrogens is 325 g/mol. The van der Waals surface area contributed by atoms with E-state index >= 15 is 0 Å². The van der Waals surface area contributed by atoms with Crippen molar-refractivity contribution >= 4 is 6.09 Å². The van der Waals surface area contributed by atoms with Crippen molar-refractivity contribution < 1.29 is 23.8 Å². The van der Waals surface area contributed by atoms with E-state index in [1.54, 1.807) is 27.7 Å². The van der Waals surface area contributed by atoms with Crippen molar-refractivity contribution in [2.45, 2.75) is 58.8 Å². The summed E-state index contributed by atoms with van der Waals surface area (Å²) in [5.41, 5.74) is -0.111. The lowest BCUT2D eigenvalue weighted by Gasteiger charge is -2.21. The van der Waals surface area contributed by atoms with Crippen LogP contribution in [0.4, 0.5) is 9.18 Å². The van der Waals surface area contributed by atoms with E-state index in [-0.39, 0.29) is 12.4 Å². The first-order valence-electron chi connectivity index (χ1n) is 8.22. The van der Waals surface area contributed by atoms with Crippen molar-refractivity contribution in [3.05, 3.63) is 29.6 Å². The number of hydrogen-bond acceptors (Lipinski definition) is 4. The number of rotatable bonds is 5. The number of benzene rings is 1. The number of hydrogen-bond donors (Lipinski definition) is 2. The van der Waals surface area contributed by atoms with Crippen molar-refractivity contribution in [2.75, 3.05) is 6.61 Å². The van der Waals surface area contributed by atoms with Gasteiger partial charge in [-0.05, 0) is 46.2 Å². The normalized spacial score (nSPS) is 13.2. The molecule has 1 amide bonds. The van der Waals surface area contributed by atoms with Gasteiger partial charge in [0.25, 0.3) is 0 Å². The Kier molecular flexibility index (Phi) is 7.72. The van der Waals surface area contributed by atoms with Crippen LogP contribution in [0.25, 0.3) is 0 Å². The summed E-state index contributed by atoms with van der Waals surface area (Å²) in [6.07, 6.45) is -0.446. The van der Waals surface area contributed by atoms with Gasteiger partial charge in [0.2, 0.25) is 0 Å². The van der Waals surface area contributed by atoms with Gasteiger partial charge >= 0.3 is 6.09 Å². The lowest BCUT2D eigenvalue weighted by molar-refractivity contribution is 0.0515. The van der Waals surface area contributed by atoms with Gasteiger partial charge < -0.3 is 19.9 Å². The summed E-state index contributed by atoms with van der Waals surface area (Å²) in [4.78, 5) is 11.8. The highest BCUT2D eigenvalue weighted by Gasteiger charge is 2.18. The first-order valence-corrected chi connectivity index (χ1v) is 8.22. The molecule has 0 fully saturated rings. The molecule has 0 aliphatic heterocycles. The summed E-state index contributed by atoms with van der Waals surface area (Å²) in [6, 6.07) is 3.59. The molecule has 1 aromatic carbocycles. The molecule has 2 atom stereocenters. The monoisotopic (exact) mass is 351 g/mol. The largest absolute Gasteiger partial charge is 0.487 e. The highest BCUT2D eigenvalue weighted by atomic mass is 19.1. The zero-order chi connectivity index (χ0) is 19.0. The zero-order valence-electron chi connectivity index (χ0n) is 15.4. The summed E-state index contributed by atoms with van der Waals surface area (Å²) < 4.78 is 24.1. The Morgan fingerprint density at radius 1 is 1.40 bits per heavy atom. The smallest absolute Gasteiger partial charge is 0.408 e. The van der Waals surface area contributed by atoms with E-state index in [1.165, 1.54) is 18.2 Å². The summed E-state index contributed by atoms with van der Waals surface area (Å²) in [5.74, 6) is 5.62. The van der Waals surface area contributed by atoms with Crippen LogP contribution in [0.15, 0.2) is 18.2 Å². The summed E-state index contributed by atoms with van der Waals surface area (Å²) in [6.45, 7) is 8.70. The van der Waals surface area contributed by atoms with Gasteiger partial charge in [-0.15, -0.1) is 0 Å². The van der Waals surface area contributed by atoms with E-state index < -0.39 is 29.7 Å². The van der Waals surface area contributed by atoms with Gasteiger partial charge in [0.05, 0.1) is 18.2 Å². The molecule has 1 aromatic rings. The standard InChI is InChI=1S/C19H26FNO4/c1-6-16(21-18(23)25-19(3,4)5)10-8-14-7-9-15(20)11-17(14)24-13(2)12-22/h7,9,11,13,16,22H,6,12H2,1-5H3,(H,21,23)/t13-,16+/m0/s1. The summed E-state index contributed by atoms with van der Waals surface area (Å²) >= 11 is 0. The van der Waals surface area contributed by atoms with Gasteiger partial charge in [-0.2, -0.15) is 0 Å². The Labute approximate surface area is 148 Å². The third-order valence-corrected chi connectivity index (χ3v) is 3.01. The second-order valence-corrected chi connectivity index (χ2v) is 6.63. The summed E-state index contributed by atoms with van der Waals surface area (Å²) in [7, 11) is 0. The number of ether oxygens (including phenoxy) is 2. The fourth-order valence-corrected chi connectivity index (χ4v) is 1.81. The minimum Gasteiger partial charge on any atom is -0.487 e. The van der Waals surface area contributed by atoms with Crippen molar-refractivity contribution in [2.24, 2.45) is 0 Å². The zero-order valence-corrected chi connectivity index (χ0v) is 15.4. The topological polar surface area (TPSA) is 67.8 Å². The van der Waals surface area contributed by atoms with E-state index in [0.29, 0.717) is 12.0 Å². The molecule has 138 valence electrons. The Bertz CT molecular complexity index is 643. The van der Waals surface area contributed by atoms with Crippen LogP contribution >= 0.6 is 0 Å². The lowest BCUT2D eigenvalue weighted by atomic mass is 10.1. The van der Waals surface area contributed by atoms with Gasteiger partial charge in [-0.3, -0.25) is 0 Å². The SMILES string of the molecule is CC[C@H](C#Cc1ccc(F)cc1O[C@@H](C)CO)NC(=O)OC(C)(C)C. The highest BCUT2D eigenvalue weighted by Crippen LogP contribution is 2.20. The van der Waals surface area contributed by atoms with Crippen molar-refractivity contribution in [1.82, 2.24) is 5.32 Å². The fraction of sp³-hybridized carbons (Fsp3) is 0.526. The summed E-state index contributed by atoms with van der Waals surface area (Å²) in [5, 5.41) is 11.8. The molecule has 0 aliphatic carbocycles. The van der Waals surface area contributed by atoms with Crippen LogP contribution in [0.1, 0.15) is 46.6 Å². The molecule has 0 spiro atoms. The average molecular weight is 351 g/mol. The van der Waals surface area contributed by atoms with E-state index in [9.17, 15) is 9.18 Å². The molecule has 0 saturated carbocycles. The van der Waals surface area contributed by atoms with Gasteiger partial charge in [0.1, 0.15) is 23.3 Å². The molecule has 0 aliphatic rings. The third kappa shape index (κ3) is 7.90. The fourth-order valence-electron chi connectivity index (χ4n) is 1.81. The Hall–Kier alpha value is -2.26. The van der Waals surface area contributed by atoms with Crippen LogP contribution in [-0.4, -0.2) is 35.6 Å². The maximum Gasteiger partial charge on any atom is 0.408 e. The van der Waals surface area contributed by atoms with Gasteiger partial charge in [0, 0.05) is 6.07 Å².